The van der Waals surface area contributed by atoms with Crippen LogP contribution in [0, 0.1) is 0 Å². The Morgan fingerprint density at radius 3 is 3.24 bits per heavy atom. The minimum atomic E-state index is -0.534. The van der Waals surface area contributed by atoms with Crippen LogP contribution in [0.5, 0.6) is 0 Å². The highest BCUT2D eigenvalue weighted by molar-refractivity contribution is 7.09. The number of carbonyl (C=O) groups is 1. The van der Waals surface area contributed by atoms with E-state index < -0.39 is 6.03 Å². The minimum absolute atomic E-state index is 0.534. The molecule has 3 N–H and O–H groups in total. The second-order valence-corrected chi connectivity index (χ2v) is 4.99. The van der Waals surface area contributed by atoms with Crippen molar-refractivity contribution in [3.05, 3.63) is 33.6 Å². The van der Waals surface area contributed by atoms with Crippen molar-refractivity contribution >= 4 is 23.2 Å². The van der Waals surface area contributed by atoms with E-state index >= 15 is 0 Å². The van der Waals surface area contributed by atoms with E-state index in [-0.39, 0.29) is 0 Å². The van der Waals surface area contributed by atoms with Crippen LogP contribution in [0.15, 0.2) is 17.5 Å². The summed E-state index contributed by atoms with van der Waals surface area (Å²) in [5, 5.41) is 9.49. The Bertz CT molecular complexity index is 558. The van der Waals surface area contributed by atoms with Gasteiger partial charge in [0, 0.05) is 23.4 Å². The Kier molecular flexibility index (Phi) is 2.36. The monoisotopic (exact) mass is 248 g/mol. The van der Waals surface area contributed by atoms with Crippen molar-refractivity contribution in [3.8, 4) is 0 Å². The highest BCUT2D eigenvalue weighted by Gasteiger charge is 2.24. The molecule has 0 aliphatic carbocycles. The van der Waals surface area contributed by atoms with Gasteiger partial charge >= 0.3 is 6.03 Å². The predicted molar refractivity (Wildman–Crippen MR) is 66.5 cm³/mol. The minimum Gasteiger partial charge on any atom is -0.369 e. The molecule has 88 valence electrons. The number of anilines is 1. The van der Waals surface area contributed by atoms with Gasteiger partial charge in [-0.25, -0.2) is 4.79 Å². The molecule has 0 fully saturated rings. The topological polar surface area (TPSA) is 72.9 Å². The number of fused-ring (bicyclic) bond motifs is 1. The first-order valence-electron chi connectivity index (χ1n) is 5.42. The fourth-order valence-electron chi connectivity index (χ4n) is 2.13. The lowest BCUT2D eigenvalue weighted by Crippen LogP contribution is -2.22. The Labute approximate surface area is 102 Å². The predicted octanol–water partition coefficient (Wildman–Crippen LogP) is 1.43. The summed E-state index contributed by atoms with van der Waals surface area (Å²) in [5.74, 6) is 0.768. The zero-order chi connectivity index (χ0) is 11.8. The molecule has 17 heavy (non-hydrogen) atoms. The first-order chi connectivity index (χ1) is 8.25. The summed E-state index contributed by atoms with van der Waals surface area (Å²) in [6.07, 6.45) is 1.67. The molecule has 2 aromatic heterocycles. The quantitative estimate of drug-likeness (QED) is 0.844. The molecular formula is C11H12N4OS. The molecule has 5 nitrogen and oxygen atoms in total. The number of amides is 1. The average Bonchev–Trinajstić information content (AvgIpc) is 2.96. The molecule has 0 saturated heterocycles. The van der Waals surface area contributed by atoms with E-state index in [1.54, 1.807) is 11.3 Å². The van der Waals surface area contributed by atoms with E-state index in [1.807, 2.05) is 11.4 Å². The van der Waals surface area contributed by atoms with Gasteiger partial charge in [0.15, 0.2) is 0 Å². The molecule has 1 aliphatic rings. The summed E-state index contributed by atoms with van der Waals surface area (Å²) in [7, 11) is 0. The van der Waals surface area contributed by atoms with Crippen molar-refractivity contribution in [1.29, 1.82) is 0 Å². The second kappa shape index (κ2) is 3.89. The number of rotatable bonds is 2. The third kappa shape index (κ3) is 1.70. The van der Waals surface area contributed by atoms with Crippen LogP contribution < -0.4 is 11.1 Å². The fraction of sp³-hybridized carbons (Fsp3) is 0.273. The van der Waals surface area contributed by atoms with Gasteiger partial charge in [-0.15, -0.1) is 11.3 Å². The summed E-state index contributed by atoms with van der Waals surface area (Å²) < 4.78 is 1.27. The number of nitrogens with one attached hydrogen (secondary N) is 1. The number of nitrogens with two attached hydrogens (primary N) is 1. The van der Waals surface area contributed by atoms with Crippen molar-refractivity contribution in [2.75, 3.05) is 11.9 Å². The van der Waals surface area contributed by atoms with E-state index in [2.05, 4.69) is 16.5 Å². The zero-order valence-corrected chi connectivity index (χ0v) is 9.96. The molecular weight excluding hydrogens is 236 g/mol. The van der Waals surface area contributed by atoms with Crippen LogP contribution in [0.1, 0.15) is 16.1 Å². The van der Waals surface area contributed by atoms with E-state index in [9.17, 15) is 4.79 Å². The van der Waals surface area contributed by atoms with Gasteiger partial charge < -0.3 is 11.1 Å². The van der Waals surface area contributed by atoms with E-state index in [0.717, 1.165) is 36.5 Å². The van der Waals surface area contributed by atoms with Gasteiger partial charge in [0.05, 0.1) is 5.69 Å². The van der Waals surface area contributed by atoms with E-state index in [1.165, 1.54) is 9.56 Å². The summed E-state index contributed by atoms with van der Waals surface area (Å²) in [6, 6.07) is 3.56. The summed E-state index contributed by atoms with van der Waals surface area (Å²) >= 11 is 1.70. The third-order valence-corrected chi connectivity index (χ3v) is 3.74. The van der Waals surface area contributed by atoms with Crippen LogP contribution in [-0.2, 0) is 12.8 Å². The smallest absolute Gasteiger partial charge is 0.341 e. The molecule has 0 aromatic carbocycles. The maximum Gasteiger partial charge on any atom is 0.341 e. The molecule has 3 heterocycles. The Hall–Kier alpha value is -1.82. The van der Waals surface area contributed by atoms with E-state index in [0.29, 0.717) is 0 Å². The maximum atomic E-state index is 11.3. The summed E-state index contributed by atoms with van der Waals surface area (Å²) in [4.78, 5) is 12.5. The Balaban J connectivity index is 2.00. The molecule has 0 spiro atoms. The van der Waals surface area contributed by atoms with Gasteiger partial charge in [-0.1, -0.05) is 6.07 Å². The number of thiophene rings is 1. The van der Waals surface area contributed by atoms with Gasteiger partial charge in [-0.3, -0.25) is 0 Å². The molecule has 6 heteroatoms. The number of hydrogen-bond acceptors (Lipinski definition) is 4. The van der Waals surface area contributed by atoms with Crippen molar-refractivity contribution in [1.82, 2.24) is 9.78 Å². The Morgan fingerprint density at radius 2 is 2.53 bits per heavy atom. The van der Waals surface area contributed by atoms with Crippen LogP contribution in [0.25, 0.3) is 0 Å². The van der Waals surface area contributed by atoms with Gasteiger partial charge in [0.1, 0.15) is 5.82 Å². The molecule has 0 bridgehead atoms. The Morgan fingerprint density at radius 1 is 1.65 bits per heavy atom. The number of hydrogen-bond donors (Lipinski definition) is 2. The van der Waals surface area contributed by atoms with Gasteiger partial charge in [-0.05, 0) is 17.9 Å². The van der Waals surface area contributed by atoms with Crippen LogP contribution in [0.3, 0.4) is 0 Å². The molecule has 2 aromatic rings. The van der Waals surface area contributed by atoms with Gasteiger partial charge in [0.25, 0.3) is 0 Å². The van der Waals surface area contributed by atoms with Crippen LogP contribution in [0.4, 0.5) is 10.6 Å². The molecule has 0 radical (unpaired) electrons. The van der Waals surface area contributed by atoms with Crippen LogP contribution >= 0.6 is 11.3 Å². The number of carbonyl (C=O) groups excluding carboxylic acids is 1. The van der Waals surface area contributed by atoms with Gasteiger partial charge in [-0.2, -0.15) is 9.78 Å². The van der Waals surface area contributed by atoms with Crippen molar-refractivity contribution in [2.45, 2.75) is 12.8 Å². The molecule has 0 atom stereocenters. The highest BCUT2D eigenvalue weighted by Crippen LogP contribution is 2.27. The lowest BCUT2D eigenvalue weighted by atomic mass is 10.1. The summed E-state index contributed by atoms with van der Waals surface area (Å²) in [6.45, 7) is 0.845. The molecule has 0 unspecified atom stereocenters. The summed E-state index contributed by atoms with van der Waals surface area (Å²) in [5.41, 5.74) is 7.37. The first-order valence-corrected chi connectivity index (χ1v) is 6.30. The van der Waals surface area contributed by atoms with Crippen molar-refractivity contribution in [3.63, 3.8) is 0 Å². The number of aromatic nitrogens is 2. The standard InChI is InChI=1S/C11H12N4OS/c12-11(16)15-10-8(3-4-13-10)9(14-15)6-7-2-1-5-17-7/h1-2,5,13H,3-4,6H2,(H2,12,16). The van der Waals surface area contributed by atoms with Crippen molar-refractivity contribution in [2.24, 2.45) is 5.73 Å². The van der Waals surface area contributed by atoms with Crippen LogP contribution in [0.2, 0.25) is 0 Å². The van der Waals surface area contributed by atoms with Crippen molar-refractivity contribution < 1.29 is 4.79 Å². The van der Waals surface area contributed by atoms with Gasteiger partial charge in [0.2, 0.25) is 0 Å². The first kappa shape index (κ1) is 10.3. The second-order valence-electron chi connectivity index (χ2n) is 3.96. The maximum absolute atomic E-state index is 11.3. The third-order valence-electron chi connectivity index (χ3n) is 2.86. The SMILES string of the molecule is NC(=O)n1nc(Cc2cccs2)c2c1NCC2. The fourth-order valence-corrected chi connectivity index (χ4v) is 2.83. The molecule has 1 aliphatic heterocycles. The lowest BCUT2D eigenvalue weighted by molar-refractivity contribution is 0.248. The number of primary amides is 1. The molecule has 1 amide bonds. The molecule has 3 rings (SSSR count). The largest absolute Gasteiger partial charge is 0.369 e. The van der Waals surface area contributed by atoms with Crippen LogP contribution in [-0.4, -0.2) is 22.4 Å². The average molecular weight is 248 g/mol. The normalized spacial score (nSPS) is 13.4. The number of nitrogens with zero attached hydrogens (tertiary/aromatic N) is 2. The lowest BCUT2D eigenvalue weighted by Gasteiger charge is -1.99. The molecule has 0 saturated carbocycles. The zero-order valence-electron chi connectivity index (χ0n) is 9.14. The van der Waals surface area contributed by atoms with E-state index in [4.69, 9.17) is 5.73 Å². The highest BCUT2D eigenvalue weighted by atomic mass is 32.1.